The van der Waals surface area contributed by atoms with Crippen molar-refractivity contribution >= 4 is 10.9 Å². The number of rotatable bonds is 3. The van der Waals surface area contributed by atoms with E-state index >= 15 is 0 Å². The molecule has 0 saturated carbocycles. The van der Waals surface area contributed by atoms with Crippen LogP contribution in [0.5, 0.6) is 0 Å². The maximum absolute atomic E-state index is 8.48. The quantitative estimate of drug-likeness (QED) is 0.728. The number of fused-ring (bicyclic) bond motifs is 1. The summed E-state index contributed by atoms with van der Waals surface area (Å²) in [5.41, 5.74) is 3.37. The summed E-state index contributed by atoms with van der Waals surface area (Å²) < 4.78 is 0. The summed E-state index contributed by atoms with van der Waals surface area (Å²) in [6, 6.07) is 12.6. The maximum atomic E-state index is 8.48. The molecule has 0 bridgehead atoms. The van der Waals surface area contributed by atoms with Crippen LogP contribution in [-0.2, 0) is 6.42 Å². The van der Waals surface area contributed by atoms with Crippen molar-refractivity contribution in [3.63, 3.8) is 0 Å². The van der Waals surface area contributed by atoms with Gasteiger partial charge in [-0.25, -0.2) is 0 Å². The molecule has 0 saturated heterocycles. The maximum Gasteiger partial charge on any atom is 0.0705 e. The van der Waals surface area contributed by atoms with E-state index in [-0.39, 0.29) is 0 Å². The van der Waals surface area contributed by atoms with Crippen LogP contribution in [0.3, 0.4) is 0 Å². The van der Waals surface area contributed by atoms with E-state index in [1.807, 2.05) is 0 Å². The average molecular weight is 210 g/mol. The molecular weight excluding hydrogens is 196 g/mol. The largest absolute Gasteiger partial charge is 0.253 e. The predicted octanol–water partition coefficient (Wildman–Crippen LogP) is 3.39. The first-order valence-electron chi connectivity index (χ1n) is 5.53. The minimum absolute atomic E-state index is 0.605. The molecule has 0 amide bonds. The van der Waals surface area contributed by atoms with E-state index in [2.05, 4.69) is 48.3 Å². The minimum atomic E-state index is 0.605. The molecule has 0 aliphatic heterocycles. The van der Waals surface area contributed by atoms with Gasteiger partial charge < -0.3 is 0 Å². The SMILES string of the molecule is Cc1ccc2nc(CCCC#N)ccc2c1. The van der Waals surface area contributed by atoms with Crippen molar-refractivity contribution in [1.29, 1.82) is 5.26 Å². The Hall–Kier alpha value is -1.88. The highest BCUT2D eigenvalue weighted by atomic mass is 14.7. The normalized spacial score (nSPS) is 10.2. The fourth-order valence-electron chi connectivity index (χ4n) is 1.78. The third kappa shape index (κ3) is 2.38. The van der Waals surface area contributed by atoms with Crippen LogP contribution in [0.2, 0.25) is 0 Å². The monoisotopic (exact) mass is 210 g/mol. The molecule has 1 heterocycles. The van der Waals surface area contributed by atoms with Gasteiger partial charge in [0.05, 0.1) is 11.6 Å². The van der Waals surface area contributed by atoms with Gasteiger partial charge in [0.15, 0.2) is 0 Å². The molecule has 0 aliphatic carbocycles. The average Bonchev–Trinajstić information content (AvgIpc) is 2.29. The molecule has 0 spiro atoms. The van der Waals surface area contributed by atoms with Crippen molar-refractivity contribution in [2.45, 2.75) is 26.2 Å². The summed E-state index contributed by atoms with van der Waals surface area (Å²) >= 11 is 0. The second-order valence-corrected chi connectivity index (χ2v) is 4.01. The first-order valence-corrected chi connectivity index (χ1v) is 5.53. The van der Waals surface area contributed by atoms with Gasteiger partial charge in [0.25, 0.3) is 0 Å². The standard InChI is InChI=1S/C14H14N2/c1-11-5-8-14-12(10-11)6-7-13(16-14)4-2-3-9-15/h5-8,10H,2-4H2,1H3. The van der Waals surface area contributed by atoms with Crippen molar-refractivity contribution in [2.24, 2.45) is 0 Å². The molecule has 0 unspecified atom stereocenters. The summed E-state index contributed by atoms with van der Waals surface area (Å²) in [7, 11) is 0. The van der Waals surface area contributed by atoms with Crippen LogP contribution < -0.4 is 0 Å². The number of nitrogens with zero attached hydrogens (tertiary/aromatic N) is 2. The Morgan fingerprint density at radius 2 is 2.12 bits per heavy atom. The van der Waals surface area contributed by atoms with Crippen LogP contribution in [0.1, 0.15) is 24.1 Å². The molecule has 1 aromatic carbocycles. The lowest BCUT2D eigenvalue weighted by Gasteiger charge is -2.02. The molecule has 16 heavy (non-hydrogen) atoms. The zero-order chi connectivity index (χ0) is 11.4. The van der Waals surface area contributed by atoms with Crippen LogP contribution in [-0.4, -0.2) is 4.98 Å². The van der Waals surface area contributed by atoms with Crippen molar-refractivity contribution in [1.82, 2.24) is 4.98 Å². The van der Waals surface area contributed by atoms with Crippen molar-refractivity contribution in [3.05, 3.63) is 41.6 Å². The molecule has 0 atom stereocenters. The van der Waals surface area contributed by atoms with Crippen molar-refractivity contribution < 1.29 is 0 Å². The smallest absolute Gasteiger partial charge is 0.0705 e. The Bertz CT molecular complexity index is 538. The van der Waals surface area contributed by atoms with Crippen LogP contribution in [0.4, 0.5) is 0 Å². The number of nitriles is 1. The van der Waals surface area contributed by atoms with Gasteiger partial charge >= 0.3 is 0 Å². The van der Waals surface area contributed by atoms with E-state index in [0.717, 1.165) is 24.1 Å². The van der Waals surface area contributed by atoms with Gasteiger partial charge in [-0.2, -0.15) is 5.26 Å². The summed E-state index contributed by atoms with van der Waals surface area (Å²) in [4.78, 5) is 4.58. The molecular formula is C14H14N2. The number of aromatic nitrogens is 1. The van der Waals surface area contributed by atoms with Crippen LogP contribution >= 0.6 is 0 Å². The van der Waals surface area contributed by atoms with E-state index in [1.54, 1.807) is 0 Å². The Morgan fingerprint density at radius 1 is 1.25 bits per heavy atom. The van der Waals surface area contributed by atoms with Gasteiger partial charge in [-0.15, -0.1) is 0 Å². The van der Waals surface area contributed by atoms with E-state index in [4.69, 9.17) is 5.26 Å². The fraction of sp³-hybridized carbons (Fsp3) is 0.286. The summed E-state index contributed by atoms with van der Waals surface area (Å²) in [5, 5.41) is 9.66. The minimum Gasteiger partial charge on any atom is -0.253 e. The van der Waals surface area contributed by atoms with Gasteiger partial charge in [-0.05, 0) is 38.0 Å². The van der Waals surface area contributed by atoms with Crippen LogP contribution in [0.25, 0.3) is 10.9 Å². The lowest BCUT2D eigenvalue weighted by Crippen LogP contribution is -1.90. The van der Waals surface area contributed by atoms with E-state index in [9.17, 15) is 0 Å². The Morgan fingerprint density at radius 3 is 2.94 bits per heavy atom. The molecule has 0 radical (unpaired) electrons. The number of hydrogen-bond acceptors (Lipinski definition) is 2. The molecule has 0 fully saturated rings. The van der Waals surface area contributed by atoms with E-state index in [0.29, 0.717) is 6.42 Å². The van der Waals surface area contributed by atoms with Crippen molar-refractivity contribution in [2.75, 3.05) is 0 Å². The zero-order valence-electron chi connectivity index (χ0n) is 9.40. The Labute approximate surface area is 95.6 Å². The number of benzene rings is 1. The number of aryl methyl sites for hydroxylation is 2. The van der Waals surface area contributed by atoms with Gasteiger partial charge in [0, 0.05) is 17.5 Å². The molecule has 80 valence electrons. The van der Waals surface area contributed by atoms with Gasteiger partial charge in [-0.3, -0.25) is 4.98 Å². The predicted molar refractivity (Wildman–Crippen MR) is 65.0 cm³/mol. The highest BCUT2D eigenvalue weighted by molar-refractivity contribution is 5.79. The lowest BCUT2D eigenvalue weighted by molar-refractivity contribution is 0.829. The molecule has 2 aromatic rings. The van der Waals surface area contributed by atoms with Gasteiger partial charge in [0.1, 0.15) is 0 Å². The van der Waals surface area contributed by atoms with E-state index in [1.165, 1.54) is 10.9 Å². The van der Waals surface area contributed by atoms with E-state index < -0.39 is 0 Å². The third-order valence-corrected chi connectivity index (χ3v) is 2.62. The van der Waals surface area contributed by atoms with Crippen LogP contribution in [0.15, 0.2) is 30.3 Å². The second kappa shape index (κ2) is 4.76. The molecule has 1 aromatic heterocycles. The van der Waals surface area contributed by atoms with Crippen LogP contribution in [0, 0.1) is 18.3 Å². The number of hydrogen-bond donors (Lipinski definition) is 0. The first kappa shape index (κ1) is 10.6. The fourth-order valence-corrected chi connectivity index (χ4v) is 1.78. The number of unbranched alkanes of at least 4 members (excludes halogenated alkanes) is 1. The highest BCUT2D eigenvalue weighted by Crippen LogP contribution is 2.15. The molecule has 2 rings (SSSR count). The topological polar surface area (TPSA) is 36.7 Å². The molecule has 2 nitrogen and oxygen atoms in total. The third-order valence-electron chi connectivity index (χ3n) is 2.62. The highest BCUT2D eigenvalue weighted by Gasteiger charge is 1.98. The van der Waals surface area contributed by atoms with Gasteiger partial charge in [-0.1, -0.05) is 17.7 Å². The summed E-state index contributed by atoms with van der Waals surface area (Å²) in [6.07, 6.45) is 2.38. The second-order valence-electron chi connectivity index (χ2n) is 4.01. The summed E-state index contributed by atoms with van der Waals surface area (Å²) in [6.45, 7) is 2.08. The molecule has 0 N–H and O–H groups in total. The Balaban J connectivity index is 2.24. The lowest BCUT2D eigenvalue weighted by atomic mass is 10.1. The Kier molecular flexibility index (Phi) is 3.16. The zero-order valence-corrected chi connectivity index (χ0v) is 9.40. The molecule has 0 aliphatic rings. The first-order chi connectivity index (χ1) is 7.79. The van der Waals surface area contributed by atoms with Crippen molar-refractivity contribution in [3.8, 4) is 6.07 Å². The summed E-state index contributed by atoms with van der Waals surface area (Å²) in [5.74, 6) is 0. The molecule has 2 heteroatoms. The van der Waals surface area contributed by atoms with Gasteiger partial charge in [0.2, 0.25) is 0 Å². The number of pyridine rings is 1.